The molecule has 0 radical (unpaired) electrons. The Balaban J connectivity index is 0.000000167. The fourth-order valence-electron chi connectivity index (χ4n) is 8.30. The fraction of sp³-hybridized carbons (Fsp3) is 0.157. The molecule has 1 aliphatic heterocycles. The van der Waals surface area contributed by atoms with Crippen LogP contribution in [-0.4, -0.2) is 51.2 Å². The molecule has 8 aromatic rings. The van der Waals surface area contributed by atoms with Crippen LogP contribution in [0.5, 0.6) is 0 Å². The molecular formula is C51H50N8. The first-order chi connectivity index (χ1) is 29.2. The summed E-state index contributed by atoms with van der Waals surface area (Å²) in [6.45, 7) is 3.12. The van der Waals surface area contributed by atoms with E-state index in [0.717, 1.165) is 49.8 Å². The fourth-order valence-corrected chi connectivity index (χ4v) is 8.30. The van der Waals surface area contributed by atoms with Gasteiger partial charge in [-0.1, -0.05) is 182 Å². The van der Waals surface area contributed by atoms with Gasteiger partial charge in [0.2, 0.25) is 0 Å². The average molecular weight is 775 g/mol. The lowest BCUT2D eigenvalue weighted by atomic mass is 9.77. The number of nitrogens with zero attached hydrogens (tertiary/aromatic N) is 5. The van der Waals surface area contributed by atoms with Gasteiger partial charge in [-0.25, -0.2) is 9.97 Å². The Hall–Kier alpha value is -7.03. The van der Waals surface area contributed by atoms with E-state index in [1.165, 1.54) is 33.4 Å². The predicted octanol–water partition coefficient (Wildman–Crippen LogP) is 8.04. The Kier molecular flexibility index (Phi) is 12.2. The third-order valence-corrected chi connectivity index (χ3v) is 10.9. The molecule has 0 spiro atoms. The Labute approximate surface area is 347 Å². The summed E-state index contributed by atoms with van der Waals surface area (Å²) in [7, 11) is 0. The van der Waals surface area contributed by atoms with Crippen molar-refractivity contribution in [1.82, 2.24) is 29.7 Å². The molecule has 3 heterocycles. The van der Waals surface area contributed by atoms with Crippen LogP contribution in [0.2, 0.25) is 0 Å². The molecule has 294 valence electrons. The summed E-state index contributed by atoms with van der Waals surface area (Å²) in [4.78, 5) is 13.8. The topological polar surface area (TPSA) is 98.1 Å². The van der Waals surface area contributed by atoms with Gasteiger partial charge in [0.1, 0.15) is 11.1 Å². The van der Waals surface area contributed by atoms with E-state index in [1.807, 2.05) is 12.7 Å². The second kappa shape index (κ2) is 18.5. The van der Waals surface area contributed by atoms with Crippen molar-refractivity contribution in [3.63, 3.8) is 0 Å². The van der Waals surface area contributed by atoms with E-state index in [2.05, 4.69) is 224 Å². The van der Waals surface area contributed by atoms with E-state index in [9.17, 15) is 0 Å². The highest BCUT2D eigenvalue weighted by Crippen LogP contribution is 2.42. The second-order valence-corrected chi connectivity index (χ2v) is 14.5. The van der Waals surface area contributed by atoms with Crippen molar-refractivity contribution in [3.8, 4) is 0 Å². The maximum absolute atomic E-state index is 5.76. The summed E-state index contributed by atoms with van der Waals surface area (Å²) in [6, 6.07) is 63.8. The Bertz CT molecular complexity index is 2310. The van der Waals surface area contributed by atoms with Crippen molar-refractivity contribution in [1.29, 1.82) is 0 Å². The predicted molar refractivity (Wildman–Crippen MR) is 238 cm³/mol. The number of rotatable bonds is 13. The van der Waals surface area contributed by atoms with Crippen LogP contribution >= 0.6 is 0 Å². The standard InChI is InChI=1S/C27H27N5.C24H23N3/c1-4-10-22(11-5-1)27(23-12-6-2-7-13-23,24-14-8-3-9-15-24)32-20-25(31-21-32)16-17-28-26-29-18-19-30-26;25-17-16-23-18-27(19-26-23)24(20-10-4-1-5-11-20,21-12-6-2-7-13-21)22-14-8-3-9-15-22/h1-15,20-21H,16-19H2,(H2,28,29,30);1-15,18-19H,16-17,25H2. The Morgan fingerprint density at radius 1 is 0.492 bits per heavy atom. The third-order valence-electron chi connectivity index (χ3n) is 10.9. The molecule has 0 fully saturated rings. The zero-order valence-electron chi connectivity index (χ0n) is 33.2. The zero-order valence-corrected chi connectivity index (χ0v) is 33.2. The molecule has 0 saturated heterocycles. The molecule has 6 aromatic carbocycles. The van der Waals surface area contributed by atoms with Crippen molar-refractivity contribution in [2.45, 2.75) is 23.9 Å². The third kappa shape index (κ3) is 8.08. The normalized spacial score (nSPS) is 12.5. The van der Waals surface area contributed by atoms with Gasteiger partial charge in [0, 0.05) is 38.3 Å². The number of hydrogen-bond acceptors (Lipinski definition) is 6. The van der Waals surface area contributed by atoms with Gasteiger partial charge in [-0.15, -0.1) is 0 Å². The summed E-state index contributed by atoms with van der Waals surface area (Å²) in [5.41, 5.74) is 14.0. The molecule has 1 aliphatic rings. The van der Waals surface area contributed by atoms with Crippen LogP contribution in [0.15, 0.2) is 212 Å². The van der Waals surface area contributed by atoms with E-state index in [4.69, 9.17) is 10.7 Å². The van der Waals surface area contributed by atoms with Crippen molar-refractivity contribution >= 4 is 5.96 Å². The molecule has 8 heteroatoms. The summed E-state index contributed by atoms with van der Waals surface area (Å²) in [5.74, 6) is 0.886. The first kappa shape index (κ1) is 38.8. The Morgan fingerprint density at radius 3 is 1.14 bits per heavy atom. The van der Waals surface area contributed by atoms with E-state index < -0.39 is 11.1 Å². The summed E-state index contributed by atoms with van der Waals surface area (Å²) < 4.78 is 4.48. The lowest BCUT2D eigenvalue weighted by Crippen LogP contribution is -2.37. The highest BCUT2D eigenvalue weighted by Gasteiger charge is 2.39. The van der Waals surface area contributed by atoms with E-state index in [-0.39, 0.29) is 0 Å². The molecule has 2 aromatic heterocycles. The first-order valence-corrected chi connectivity index (χ1v) is 20.3. The van der Waals surface area contributed by atoms with E-state index in [0.29, 0.717) is 6.54 Å². The average Bonchev–Trinajstić information content (AvgIpc) is 4.12. The molecule has 59 heavy (non-hydrogen) atoms. The number of hydrogen-bond donors (Lipinski definition) is 3. The van der Waals surface area contributed by atoms with Crippen molar-refractivity contribution < 1.29 is 0 Å². The maximum atomic E-state index is 5.76. The highest BCUT2D eigenvalue weighted by molar-refractivity contribution is 5.81. The molecule has 9 rings (SSSR count). The van der Waals surface area contributed by atoms with E-state index in [1.54, 1.807) is 0 Å². The van der Waals surface area contributed by atoms with Crippen LogP contribution in [0.1, 0.15) is 44.8 Å². The molecule has 0 aliphatic carbocycles. The minimum absolute atomic E-state index is 0.496. The van der Waals surface area contributed by atoms with E-state index >= 15 is 0 Å². The molecule has 0 unspecified atom stereocenters. The van der Waals surface area contributed by atoms with Gasteiger partial charge in [-0.3, -0.25) is 4.99 Å². The quantitative estimate of drug-likeness (QED) is 0.103. The molecule has 0 atom stereocenters. The van der Waals surface area contributed by atoms with Crippen LogP contribution < -0.4 is 16.4 Å². The minimum atomic E-state index is -0.514. The van der Waals surface area contributed by atoms with Gasteiger partial charge in [-0.05, 0) is 39.9 Å². The number of benzene rings is 6. The number of nitrogens with one attached hydrogen (secondary N) is 2. The van der Waals surface area contributed by atoms with Crippen LogP contribution in [-0.2, 0) is 23.9 Å². The van der Waals surface area contributed by atoms with Crippen molar-refractivity contribution in [2.24, 2.45) is 10.7 Å². The maximum Gasteiger partial charge on any atom is 0.191 e. The molecular weight excluding hydrogens is 725 g/mol. The largest absolute Gasteiger partial charge is 0.356 e. The van der Waals surface area contributed by atoms with Gasteiger partial charge in [0.05, 0.1) is 30.6 Å². The highest BCUT2D eigenvalue weighted by atomic mass is 15.2. The van der Waals surface area contributed by atoms with Crippen molar-refractivity contribution in [3.05, 3.63) is 252 Å². The van der Waals surface area contributed by atoms with Gasteiger partial charge < -0.3 is 25.5 Å². The SMILES string of the molecule is NCCc1cn(C(c2ccccc2)(c2ccccc2)c2ccccc2)cn1.c1ccc(C(c2ccccc2)(c2ccccc2)n2cnc(CCNC3=NCCN3)c2)cc1. The van der Waals surface area contributed by atoms with Gasteiger partial charge in [-0.2, -0.15) is 0 Å². The molecule has 8 nitrogen and oxygen atoms in total. The monoisotopic (exact) mass is 774 g/mol. The zero-order chi connectivity index (χ0) is 40.2. The van der Waals surface area contributed by atoms with Gasteiger partial charge >= 0.3 is 0 Å². The molecule has 4 N–H and O–H groups in total. The lowest BCUT2D eigenvalue weighted by Gasteiger charge is -2.37. The Morgan fingerprint density at radius 2 is 0.831 bits per heavy atom. The van der Waals surface area contributed by atoms with Crippen LogP contribution in [0.4, 0.5) is 0 Å². The minimum Gasteiger partial charge on any atom is -0.356 e. The number of aliphatic imine (C=N–C) groups is 1. The first-order valence-electron chi connectivity index (χ1n) is 20.3. The molecule has 0 bridgehead atoms. The molecule has 0 saturated carbocycles. The number of nitrogens with two attached hydrogens (primary N) is 1. The van der Waals surface area contributed by atoms with Crippen LogP contribution in [0.3, 0.4) is 0 Å². The summed E-state index contributed by atoms with van der Waals surface area (Å²) in [6.07, 6.45) is 9.79. The molecule has 0 amide bonds. The summed E-state index contributed by atoms with van der Waals surface area (Å²) in [5, 5.41) is 6.61. The van der Waals surface area contributed by atoms with Gasteiger partial charge in [0.25, 0.3) is 0 Å². The number of imidazole rings is 2. The van der Waals surface area contributed by atoms with Crippen LogP contribution in [0, 0.1) is 0 Å². The van der Waals surface area contributed by atoms with Crippen LogP contribution in [0.25, 0.3) is 0 Å². The smallest absolute Gasteiger partial charge is 0.191 e. The second-order valence-electron chi connectivity index (χ2n) is 14.5. The lowest BCUT2D eigenvalue weighted by molar-refractivity contribution is 0.514. The number of aromatic nitrogens is 4. The van der Waals surface area contributed by atoms with Gasteiger partial charge in [0.15, 0.2) is 5.96 Å². The number of guanidine groups is 1. The summed E-state index contributed by atoms with van der Waals surface area (Å²) >= 11 is 0. The van der Waals surface area contributed by atoms with Crippen molar-refractivity contribution in [2.75, 3.05) is 26.2 Å².